The number of para-hydroxylation sites is 1. The Hall–Kier alpha value is -3.75. The highest BCUT2D eigenvalue weighted by Gasteiger charge is 2.16. The quantitative estimate of drug-likeness (QED) is 0.439. The summed E-state index contributed by atoms with van der Waals surface area (Å²) in [4.78, 5) is 14.5. The molecule has 3 heterocycles. The van der Waals surface area contributed by atoms with Gasteiger partial charge in [-0.25, -0.2) is 9.67 Å². The Morgan fingerprint density at radius 2 is 2.00 bits per heavy atom. The van der Waals surface area contributed by atoms with E-state index < -0.39 is 4.92 Å². The van der Waals surface area contributed by atoms with E-state index in [1.54, 1.807) is 12.1 Å². The molecule has 0 unspecified atom stereocenters. The van der Waals surface area contributed by atoms with Crippen LogP contribution in [-0.2, 0) is 6.54 Å². The number of aryl methyl sites for hydroxylation is 1. The van der Waals surface area contributed by atoms with Crippen LogP contribution < -0.4 is 5.32 Å². The molecule has 1 N–H and O–H groups in total. The third-order valence-electron chi connectivity index (χ3n) is 3.95. The van der Waals surface area contributed by atoms with Crippen LogP contribution in [0.3, 0.4) is 0 Å². The minimum absolute atomic E-state index is 0.170. The molecule has 9 heteroatoms. The number of nitro groups is 1. The predicted molar refractivity (Wildman–Crippen MR) is 95.3 cm³/mol. The topological polar surface area (TPSA) is 103 Å². The van der Waals surface area contributed by atoms with Crippen LogP contribution in [-0.4, -0.2) is 29.3 Å². The summed E-state index contributed by atoms with van der Waals surface area (Å²) in [6, 6.07) is 13.3. The number of nitrogens with zero attached hydrogens (tertiary/aromatic N) is 6. The second-order valence-electron chi connectivity index (χ2n) is 5.75. The first kappa shape index (κ1) is 15.8. The van der Waals surface area contributed by atoms with Crippen molar-refractivity contribution in [2.45, 2.75) is 13.5 Å². The molecule has 0 atom stereocenters. The maximum Gasteiger partial charge on any atom is 0.368 e. The maximum atomic E-state index is 11.0. The standard InChI is InChI=1S/C17H15N7O2/c1-12-8-9-22(20-12)14-5-3-2-4-13(14)10-18-15-6-7-16-19-11-17(24(25)26)23(16)21-15/h2-9,11H,10H2,1H3,(H,18,21). The minimum atomic E-state index is -0.508. The summed E-state index contributed by atoms with van der Waals surface area (Å²) in [7, 11) is 0. The number of rotatable bonds is 5. The molecule has 0 aliphatic rings. The van der Waals surface area contributed by atoms with Crippen LogP contribution in [0.4, 0.5) is 11.6 Å². The Balaban J connectivity index is 1.61. The van der Waals surface area contributed by atoms with Crippen LogP contribution in [0, 0.1) is 17.0 Å². The Kier molecular flexibility index (Phi) is 3.81. The smallest absolute Gasteiger partial charge is 0.363 e. The molecule has 3 aromatic heterocycles. The van der Waals surface area contributed by atoms with Gasteiger partial charge in [0, 0.05) is 18.8 Å². The van der Waals surface area contributed by atoms with Crippen LogP contribution in [0.1, 0.15) is 11.3 Å². The van der Waals surface area contributed by atoms with Crippen LogP contribution >= 0.6 is 0 Å². The molecule has 0 radical (unpaired) electrons. The minimum Gasteiger partial charge on any atom is -0.363 e. The molecule has 0 saturated carbocycles. The molecule has 9 nitrogen and oxygen atoms in total. The zero-order valence-corrected chi connectivity index (χ0v) is 13.9. The van der Waals surface area contributed by atoms with Gasteiger partial charge in [0.1, 0.15) is 6.20 Å². The highest BCUT2D eigenvalue weighted by molar-refractivity contribution is 5.49. The van der Waals surface area contributed by atoms with Crippen LogP contribution in [0.15, 0.2) is 54.9 Å². The summed E-state index contributed by atoms with van der Waals surface area (Å²) in [5.74, 6) is 0.348. The molecule has 0 fully saturated rings. The highest BCUT2D eigenvalue weighted by atomic mass is 16.6. The predicted octanol–water partition coefficient (Wildman–Crippen LogP) is 2.74. The molecule has 0 spiro atoms. The maximum absolute atomic E-state index is 11.0. The highest BCUT2D eigenvalue weighted by Crippen LogP contribution is 2.18. The fourth-order valence-corrected chi connectivity index (χ4v) is 2.70. The van der Waals surface area contributed by atoms with E-state index in [1.807, 2.05) is 48.1 Å². The van der Waals surface area contributed by atoms with Gasteiger partial charge in [0.05, 0.1) is 11.4 Å². The van der Waals surface area contributed by atoms with Crippen molar-refractivity contribution in [3.05, 3.63) is 76.2 Å². The van der Waals surface area contributed by atoms with E-state index in [9.17, 15) is 10.1 Å². The lowest BCUT2D eigenvalue weighted by Gasteiger charge is -2.10. The molecule has 0 aliphatic heterocycles. The summed E-state index contributed by atoms with van der Waals surface area (Å²) in [5.41, 5.74) is 3.35. The van der Waals surface area contributed by atoms with Crippen LogP contribution in [0.25, 0.3) is 11.3 Å². The van der Waals surface area contributed by atoms with Gasteiger partial charge in [0.2, 0.25) is 5.65 Å². The number of benzene rings is 1. The molecule has 4 aromatic rings. The third kappa shape index (κ3) is 2.86. The lowest BCUT2D eigenvalue weighted by atomic mass is 10.2. The van der Waals surface area contributed by atoms with Gasteiger partial charge in [-0.2, -0.15) is 5.10 Å². The SMILES string of the molecule is Cc1ccn(-c2ccccc2CNc2ccc3ncc([N+](=O)[O-])n3n2)n1. The van der Waals surface area contributed by atoms with Crippen molar-refractivity contribution in [1.29, 1.82) is 0 Å². The first-order valence-corrected chi connectivity index (χ1v) is 7.95. The van der Waals surface area contributed by atoms with Crippen molar-refractivity contribution >= 4 is 17.3 Å². The fourth-order valence-electron chi connectivity index (χ4n) is 2.70. The molecule has 0 saturated heterocycles. The van der Waals surface area contributed by atoms with Gasteiger partial charge in [-0.05, 0) is 35.6 Å². The van der Waals surface area contributed by atoms with Gasteiger partial charge in [-0.1, -0.05) is 27.8 Å². The van der Waals surface area contributed by atoms with Crippen molar-refractivity contribution in [3.8, 4) is 5.69 Å². The third-order valence-corrected chi connectivity index (χ3v) is 3.95. The van der Waals surface area contributed by atoms with E-state index in [-0.39, 0.29) is 5.82 Å². The van der Waals surface area contributed by atoms with Gasteiger partial charge < -0.3 is 15.4 Å². The van der Waals surface area contributed by atoms with Gasteiger partial charge in [0.15, 0.2) is 5.82 Å². The molecule has 130 valence electrons. The van der Waals surface area contributed by atoms with E-state index >= 15 is 0 Å². The van der Waals surface area contributed by atoms with Crippen molar-refractivity contribution in [2.75, 3.05) is 5.32 Å². The monoisotopic (exact) mass is 349 g/mol. The zero-order chi connectivity index (χ0) is 18.1. The summed E-state index contributed by atoms with van der Waals surface area (Å²) in [6.07, 6.45) is 3.11. The molecule has 0 bridgehead atoms. The second-order valence-corrected chi connectivity index (χ2v) is 5.75. The molecule has 4 rings (SSSR count). The number of hydrogen-bond donors (Lipinski definition) is 1. The number of fused-ring (bicyclic) bond motifs is 1. The first-order valence-electron chi connectivity index (χ1n) is 7.95. The van der Waals surface area contributed by atoms with Gasteiger partial charge in [0.25, 0.3) is 0 Å². The number of hydrogen-bond acceptors (Lipinski definition) is 6. The van der Waals surface area contributed by atoms with E-state index in [4.69, 9.17) is 0 Å². The molecule has 1 aromatic carbocycles. The number of aromatic nitrogens is 5. The Morgan fingerprint density at radius 3 is 2.77 bits per heavy atom. The van der Waals surface area contributed by atoms with Crippen molar-refractivity contribution in [2.24, 2.45) is 0 Å². The van der Waals surface area contributed by atoms with E-state index in [2.05, 4.69) is 20.5 Å². The van der Waals surface area contributed by atoms with Crippen molar-refractivity contribution in [1.82, 2.24) is 24.4 Å². The molecule has 26 heavy (non-hydrogen) atoms. The van der Waals surface area contributed by atoms with Gasteiger partial charge in [-0.3, -0.25) is 0 Å². The summed E-state index contributed by atoms with van der Waals surface area (Å²) in [5, 5.41) is 23.0. The van der Waals surface area contributed by atoms with E-state index in [0.29, 0.717) is 18.0 Å². The van der Waals surface area contributed by atoms with Gasteiger partial charge in [-0.15, -0.1) is 0 Å². The molecule has 0 amide bonds. The fraction of sp³-hybridized carbons (Fsp3) is 0.118. The Labute approximate surface area is 148 Å². The largest absolute Gasteiger partial charge is 0.368 e. The van der Waals surface area contributed by atoms with Crippen molar-refractivity contribution in [3.63, 3.8) is 0 Å². The lowest BCUT2D eigenvalue weighted by molar-refractivity contribution is -0.391. The number of nitrogens with one attached hydrogen (secondary N) is 1. The average molecular weight is 349 g/mol. The second kappa shape index (κ2) is 6.28. The summed E-state index contributed by atoms with van der Waals surface area (Å²) in [6.45, 7) is 2.44. The number of anilines is 1. The molecule has 0 aliphatic carbocycles. The normalized spacial score (nSPS) is 11.0. The van der Waals surface area contributed by atoms with E-state index in [0.717, 1.165) is 16.9 Å². The molecular weight excluding hydrogens is 334 g/mol. The Bertz CT molecular complexity index is 1100. The van der Waals surface area contributed by atoms with E-state index in [1.165, 1.54) is 10.7 Å². The average Bonchev–Trinajstić information content (AvgIpc) is 3.26. The first-order chi connectivity index (χ1) is 12.6. The Morgan fingerprint density at radius 1 is 1.15 bits per heavy atom. The lowest BCUT2D eigenvalue weighted by Crippen LogP contribution is -2.08. The molecular formula is C17H15N7O2. The zero-order valence-electron chi connectivity index (χ0n) is 13.9. The van der Waals surface area contributed by atoms with Crippen molar-refractivity contribution < 1.29 is 4.92 Å². The number of imidazole rings is 1. The van der Waals surface area contributed by atoms with Crippen LogP contribution in [0.2, 0.25) is 0 Å². The summed E-state index contributed by atoms with van der Waals surface area (Å²) >= 11 is 0. The van der Waals surface area contributed by atoms with Crippen LogP contribution in [0.5, 0.6) is 0 Å². The van der Waals surface area contributed by atoms with Gasteiger partial charge >= 0.3 is 5.82 Å². The summed E-state index contributed by atoms with van der Waals surface area (Å²) < 4.78 is 3.04.